The average Bonchev–Trinajstić information content (AvgIpc) is 2.25. The molecule has 0 aromatic heterocycles. The van der Waals surface area contributed by atoms with Crippen molar-refractivity contribution in [2.24, 2.45) is 0 Å². The number of rotatable bonds is 6. The van der Waals surface area contributed by atoms with E-state index in [1.807, 2.05) is 6.92 Å². The SMILES string of the molecule is CCOCC(C)NCC1CSCCS1. The van der Waals surface area contributed by atoms with Crippen molar-refractivity contribution in [3.05, 3.63) is 0 Å². The third-order valence-electron chi connectivity index (χ3n) is 2.15. The molecular weight excluding hydrogens is 214 g/mol. The van der Waals surface area contributed by atoms with Crippen LogP contribution in [0.4, 0.5) is 0 Å². The Labute approximate surface area is 95.9 Å². The van der Waals surface area contributed by atoms with E-state index < -0.39 is 0 Å². The molecule has 0 spiro atoms. The summed E-state index contributed by atoms with van der Waals surface area (Å²) in [6.07, 6.45) is 0. The second kappa shape index (κ2) is 7.85. The lowest BCUT2D eigenvalue weighted by Crippen LogP contribution is -2.37. The van der Waals surface area contributed by atoms with Gasteiger partial charge in [-0.3, -0.25) is 0 Å². The summed E-state index contributed by atoms with van der Waals surface area (Å²) in [5, 5.41) is 4.33. The quantitative estimate of drug-likeness (QED) is 0.758. The molecule has 0 aromatic rings. The van der Waals surface area contributed by atoms with Gasteiger partial charge < -0.3 is 10.1 Å². The number of ether oxygens (including phenoxy) is 1. The first-order valence-corrected chi connectivity index (χ1v) is 7.53. The van der Waals surface area contributed by atoms with Crippen LogP contribution in [-0.4, -0.2) is 48.3 Å². The van der Waals surface area contributed by atoms with E-state index >= 15 is 0 Å². The largest absolute Gasteiger partial charge is 0.380 e. The Bertz CT molecular complexity index is 140. The lowest BCUT2D eigenvalue weighted by Gasteiger charge is -2.23. The van der Waals surface area contributed by atoms with Gasteiger partial charge in [0, 0.05) is 41.7 Å². The van der Waals surface area contributed by atoms with Gasteiger partial charge in [0.05, 0.1) is 6.61 Å². The summed E-state index contributed by atoms with van der Waals surface area (Å²) in [4.78, 5) is 0. The first-order valence-electron chi connectivity index (χ1n) is 5.33. The maximum Gasteiger partial charge on any atom is 0.0616 e. The van der Waals surface area contributed by atoms with Gasteiger partial charge in [-0.2, -0.15) is 23.5 Å². The van der Waals surface area contributed by atoms with Crippen LogP contribution in [-0.2, 0) is 4.74 Å². The van der Waals surface area contributed by atoms with E-state index in [1.165, 1.54) is 17.3 Å². The normalized spacial score (nSPS) is 24.9. The highest BCUT2D eigenvalue weighted by atomic mass is 32.2. The van der Waals surface area contributed by atoms with E-state index in [9.17, 15) is 0 Å². The highest BCUT2D eigenvalue weighted by Crippen LogP contribution is 2.23. The molecule has 1 aliphatic rings. The maximum absolute atomic E-state index is 5.36. The van der Waals surface area contributed by atoms with Gasteiger partial charge in [-0.05, 0) is 13.8 Å². The van der Waals surface area contributed by atoms with Gasteiger partial charge in [-0.15, -0.1) is 0 Å². The van der Waals surface area contributed by atoms with Crippen LogP contribution < -0.4 is 5.32 Å². The van der Waals surface area contributed by atoms with Crippen molar-refractivity contribution in [3.8, 4) is 0 Å². The van der Waals surface area contributed by atoms with Crippen LogP contribution in [0.5, 0.6) is 0 Å². The standard InChI is InChI=1S/C10H21NOS2/c1-3-12-7-9(2)11-6-10-8-13-4-5-14-10/h9-11H,3-8H2,1-2H3. The lowest BCUT2D eigenvalue weighted by atomic mass is 10.3. The van der Waals surface area contributed by atoms with Gasteiger partial charge in [0.25, 0.3) is 0 Å². The van der Waals surface area contributed by atoms with Crippen molar-refractivity contribution < 1.29 is 4.74 Å². The Hall–Kier alpha value is 0.620. The Morgan fingerprint density at radius 2 is 2.36 bits per heavy atom. The molecule has 0 aliphatic carbocycles. The molecule has 1 heterocycles. The van der Waals surface area contributed by atoms with E-state index in [1.54, 1.807) is 0 Å². The first-order chi connectivity index (χ1) is 6.83. The van der Waals surface area contributed by atoms with Crippen LogP contribution in [0.15, 0.2) is 0 Å². The number of hydrogen-bond donors (Lipinski definition) is 1. The zero-order chi connectivity index (χ0) is 10.2. The monoisotopic (exact) mass is 235 g/mol. The van der Waals surface area contributed by atoms with Gasteiger partial charge in [-0.1, -0.05) is 0 Å². The van der Waals surface area contributed by atoms with Gasteiger partial charge in [0.2, 0.25) is 0 Å². The lowest BCUT2D eigenvalue weighted by molar-refractivity contribution is 0.127. The van der Waals surface area contributed by atoms with Crippen LogP contribution in [0.2, 0.25) is 0 Å². The summed E-state index contributed by atoms with van der Waals surface area (Å²) in [5.41, 5.74) is 0. The molecular formula is C10H21NOS2. The fraction of sp³-hybridized carbons (Fsp3) is 1.00. The van der Waals surface area contributed by atoms with E-state index in [4.69, 9.17) is 4.74 Å². The smallest absolute Gasteiger partial charge is 0.0616 e. The number of thioether (sulfide) groups is 2. The van der Waals surface area contributed by atoms with Gasteiger partial charge in [0.1, 0.15) is 0 Å². The Morgan fingerprint density at radius 3 is 3.00 bits per heavy atom. The molecule has 1 fully saturated rings. The van der Waals surface area contributed by atoms with E-state index in [2.05, 4.69) is 35.8 Å². The fourth-order valence-corrected chi connectivity index (χ4v) is 3.97. The van der Waals surface area contributed by atoms with Crippen LogP contribution >= 0.6 is 23.5 Å². The van der Waals surface area contributed by atoms with Crippen molar-refractivity contribution in [2.75, 3.05) is 37.0 Å². The molecule has 1 saturated heterocycles. The van der Waals surface area contributed by atoms with Crippen molar-refractivity contribution >= 4 is 23.5 Å². The molecule has 0 bridgehead atoms. The highest BCUT2D eigenvalue weighted by Gasteiger charge is 2.14. The molecule has 0 saturated carbocycles. The summed E-state index contributed by atoms with van der Waals surface area (Å²) >= 11 is 4.19. The molecule has 0 amide bonds. The van der Waals surface area contributed by atoms with Crippen LogP contribution in [0.25, 0.3) is 0 Å². The van der Waals surface area contributed by atoms with E-state index in [-0.39, 0.29) is 0 Å². The summed E-state index contributed by atoms with van der Waals surface area (Å²) in [6.45, 7) is 7.02. The van der Waals surface area contributed by atoms with Crippen molar-refractivity contribution in [2.45, 2.75) is 25.1 Å². The minimum atomic E-state index is 0.488. The third-order valence-corrected chi connectivity index (χ3v) is 5.00. The van der Waals surface area contributed by atoms with E-state index in [0.717, 1.165) is 25.0 Å². The molecule has 0 radical (unpaired) electrons. The van der Waals surface area contributed by atoms with Crippen LogP contribution in [0.1, 0.15) is 13.8 Å². The summed E-state index contributed by atoms with van der Waals surface area (Å²) < 4.78 is 5.36. The minimum Gasteiger partial charge on any atom is -0.380 e. The molecule has 2 atom stereocenters. The molecule has 4 heteroatoms. The van der Waals surface area contributed by atoms with Crippen molar-refractivity contribution in [1.82, 2.24) is 5.32 Å². The Balaban J connectivity index is 2.00. The Morgan fingerprint density at radius 1 is 1.50 bits per heavy atom. The molecule has 2 unspecified atom stereocenters. The predicted molar refractivity (Wildman–Crippen MR) is 67.5 cm³/mol. The van der Waals surface area contributed by atoms with Crippen LogP contribution in [0.3, 0.4) is 0 Å². The second-order valence-corrected chi connectivity index (χ2v) is 6.09. The minimum absolute atomic E-state index is 0.488. The third kappa shape index (κ3) is 5.49. The Kier molecular flexibility index (Phi) is 7.12. The second-order valence-electron chi connectivity index (χ2n) is 3.54. The average molecular weight is 235 g/mol. The zero-order valence-electron chi connectivity index (χ0n) is 9.12. The van der Waals surface area contributed by atoms with Crippen molar-refractivity contribution in [3.63, 3.8) is 0 Å². The molecule has 1 rings (SSSR count). The highest BCUT2D eigenvalue weighted by molar-refractivity contribution is 8.06. The molecule has 1 aliphatic heterocycles. The summed E-state index contributed by atoms with van der Waals surface area (Å²) in [5.74, 6) is 3.95. The number of nitrogens with one attached hydrogen (secondary N) is 1. The van der Waals surface area contributed by atoms with Gasteiger partial charge >= 0.3 is 0 Å². The number of hydrogen-bond acceptors (Lipinski definition) is 4. The fourth-order valence-electron chi connectivity index (χ4n) is 1.34. The molecule has 1 N–H and O–H groups in total. The van der Waals surface area contributed by atoms with Gasteiger partial charge in [0.15, 0.2) is 0 Å². The maximum atomic E-state index is 5.36. The van der Waals surface area contributed by atoms with Gasteiger partial charge in [-0.25, -0.2) is 0 Å². The molecule has 0 aromatic carbocycles. The zero-order valence-corrected chi connectivity index (χ0v) is 10.8. The summed E-state index contributed by atoms with van der Waals surface area (Å²) in [7, 11) is 0. The first kappa shape index (κ1) is 12.7. The molecule has 2 nitrogen and oxygen atoms in total. The molecule has 84 valence electrons. The predicted octanol–water partition coefficient (Wildman–Crippen LogP) is 1.85. The molecule has 14 heavy (non-hydrogen) atoms. The van der Waals surface area contributed by atoms with Crippen LogP contribution in [0, 0.1) is 0 Å². The van der Waals surface area contributed by atoms with Crippen molar-refractivity contribution in [1.29, 1.82) is 0 Å². The van der Waals surface area contributed by atoms with E-state index in [0.29, 0.717) is 6.04 Å². The topological polar surface area (TPSA) is 21.3 Å². The summed E-state index contributed by atoms with van der Waals surface area (Å²) in [6, 6.07) is 0.488.